The molecule has 3 rings (SSSR count). The molecule has 9 heteroatoms. The van der Waals surface area contributed by atoms with Crippen molar-refractivity contribution in [2.45, 2.75) is 95.9 Å². The number of alkyl halides is 4. The number of fused-ring (bicyclic) bond motifs is 3. The van der Waals surface area contributed by atoms with Gasteiger partial charge in [-0.3, -0.25) is 0 Å². The van der Waals surface area contributed by atoms with Gasteiger partial charge in [-0.1, -0.05) is 86.3 Å². The fraction of sp³-hybridized carbons (Fsp3) is 1.00. The van der Waals surface area contributed by atoms with Crippen LogP contribution < -0.4 is 0 Å². The van der Waals surface area contributed by atoms with Crippen molar-refractivity contribution in [2.24, 2.45) is 17.3 Å². The Balaban J connectivity index is 1.85. The molecule has 0 aromatic carbocycles. The average molecular weight is 718 g/mol. The number of hydrogen-bond acceptors (Lipinski definition) is 3. The van der Waals surface area contributed by atoms with E-state index in [4.69, 9.17) is 0 Å². The van der Waals surface area contributed by atoms with Gasteiger partial charge in [-0.05, 0) is 70.5 Å². The number of halogens is 4. The second kappa shape index (κ2) is 11.7. The van der Waals surface area contributed by atoms with Crippen molar-refractivity contribution in [3.05, 3.63) is 0 Å². The molecule has 2 saturated heterocycles. The Labute approximate surface area is 219 Å². The van der Waals surface area contributed by atoms with Gasteiger partial charge in [-0.15, -0.1) is 0 Å². The maximum atomic E-state index is 13.3. The Bertz CT molecular complexity index is 649. The summed E-state index contributed by atoms with van der Waals surface area (Å²) in [5, 5.41) is 1.50. The maximum absolute atomic E-state index is 13.3. The molecule has 1 saturated carbocycles. The molecule has 0 aromatic rings. The second-order valence-electron chi connectivity index (χ2n) is 9.29. The van der Waals surface area contributed by atoms with Crippen molar-refractivity contribution in [2.75, 3.05) is 10.7 Å². The summed E-state index contributed by atoms with van der Waals surface area (Å²) >= 11 is 13.1. The Morgan fingerprint density at radius 3 is 1.90 bits per heavy atom. The normalized spacial score (nSPS) is 38.6. The van der Waals surface area contributed by atoms with Crippen molar-refractivity contribution >= 4 is 84.7 Å². The molecule has 2 aliphatic heterocycles. The summed E-state index contributed by atoms with van der Waals surface area (Å²) in [5.74, 6) is 0.443. The fourth-order valence-corrected chi connectivity index (χ4v) is 14.5. The van der Waals surface area contributed by atoms with E-state index in [2.05, 4.69) is 63.7 Å². The van der Waals surface area contributed by atoms with Crippen LogP contribution in [-0.2, 0) is 21.0 Å². The molecule has 1 aliphatic carbocycles. The van der Waals surface area contributed by atoms with E-state index < -0.39 is 30.4 Å². The quantitative estimate of drug-likeness (QED) is 0.124. The van der Waals surface area contributed by atoms with Gasteiger partial charge in [-0.25, -0.2) is 8.42 Å². The van der Waals surface area contributed by atoms with E-state index in [1.807, 2.05) is 0 Å². The van der Waals surface area contributed by atoms with E-state index in [1.165, 1.54) is 38.5 Å². The first-order valence-corrected chi connectivity index (χ1v) is 18.3. The highest BCUT2D eigenvalue weighted by Crippen LogP contribution is 2.67. The third-order valence-corrected chi connectivity index (χ3v) is 16.6. The van der Waals surface area contributed by atoms with Gasteiger partial charge in [0.15, 0.2) is 14.0 Å². The van der Waals surface area contributed by atoms with Crippen LogP contribution in [0.2, 0.25) is 0 Å². The zero-order valence-corrected chi connectivity index (χ0v) is 25.4. The summed E-state index contributed by atoms with van der Waals surface area (Å²) in [5.41, 5.74) is 0.0336. The van der Waals surface area contributed by atoms with Crippen molar-refractivity contribution in [3.63, 3.8) is 0 Å². The van der Waals surface area contributed by atoms with Gasteiger partial charge in [-0.2, -0.15) is 0 Å². The van der Waals surface area contributed by atoms with Gasteiger partial charge in [0.1, 0.15) is 14.7 Å². The molecule has 2 heterocycles. The van der Waals surface area contributed by atoms with E-state index in [0.717, 1.165) is 42.8 Å². The summed E-state index contributed by atoms with van der Waals surface area (Å²) in [6.07, 6.45) is 13.3. The first-order chi connectivity index (χ1) is 14.3. The van der Waals surface area contributed by atoms with Gasteiger partial charge >= 0.3 is 0 Å². The summed E-state index contributed by atoms with van der Waals surface area (Å²) in [4.78, 5) is 0. The molecule has 0 spiro atoms. The standard InChI is InChI=1S/C21H34Br4O3S2/c22-11-7-3-1-5-9-21(10-6-2-4-8-12-23)15-13-17(24)29(26)19(15)20-16(21)14-18(25)30(20,27)28/h15-20H,1-14H2. The summed E-state index contributed by atoms with van der Waals surface area (Å²) < 4.78 is 39.3. The minimum atomic E-state index is -3.27. The fourth-order valence-electron chi connectivity index (χ4n) is 6.48. The van der Waals surface area contributed by atoms with Crippen LogP contribution in [0.4, 0.5) is 0 Å². The van der Waals surface area contributed by atoms with Crippen molar-refractivity contribution in [1.29, 1.82) is 0 Å². The minimum absolute atomic E-state index is 0.0336. The minimum Gasteiger partial charge on any atom is -0.615 e. The highest BCUT2D eigenvalue weighted by Gasteiger charge is 2.73. The van der Waals surface area contributed by atoms with E-state index in [1.54, 1.807) is 0 Å². The molecule has 176 valence electrons. The number of unbranched alkanes of at least 4 members (excludes halogenated alkanes) is 6. The topological polar surface area (TPSA) is 57.2 Å². The smallest absolute Gasteiger partial charge is 0.171 e. The first kappa shape index (κ1) is 26.8. The predicted octanol–water partition coefficient (Wildman–Crippen LogP) is 7.06. The molecule has 3 fully saturated rings. The Kier molecular flexibility index (Phi) is 10.5. The molecule has 7 unspecified atom stereocenters. The van der Waals surface area contributed by atoms with Crippen molar-refractivity contribution < 1.29 is 13.0 Å². The highest BCUT2D eigenvalue weighted by atomic mass is 79.9. The Hall–Kier alpha value is 2.18. The van der Waals surface area contributed by atoms with Gasteiger partial charge in [0.05, 0.1) is 0 Å². The zero-order chi connectivity index (χ0) is 21.9. The maximum Gasteiger partial charge on any atom is 0.171 e. The van der Waals surface area contributed by atoms with E-state index in [0.29, 0.717) is 6.42 Å². The van der Waals surface area contributed by atoms with Crippen LogP contribution in [0.1, 0.15) is 77.0 Å². The number of sulfone groups is 1. The third-order valence-electron chi connectivity index (χ3n) is 7.78. The zero-order valence-electron chi connectivity index (χ0n) is 17.4. The summed E-state index contributed by atoms with van der Waals surface area (Å²) in [6.45, 7) is 0. The van der Waals surface area contributed by atoms with Crippen LogP contribution in [0, 0.1) is 17.3 Å². The largest absolute Gasteiger partial charge is 0.615 e. The summed E-state index contributed by atoms with van der Waals surface area (Å²) in [7, 11) is -3.27. The molecular formula is C21H34Br4O3S2. The lowest BCUT2D eigenvalue weighted by Gasteiger charge is -2.39. The Morgan fingerprint density at radius 2 is 1.37 bits per heavy atom. The molecule has 0 N–H and O–H groups in total. The van der Waals surface area contributed by atoms with Crippen molar-refractivity contribution in [3.8, 4) is 0 Å². The van der Waals surface area contributed by atoms with E-state index >= 15 is 0 Å². The SMILES string of the molecule is O=S1(=O)C(Br)CC2C1C1C(CC(Br)[S+]1[O-])C2(CCCCCCBr)CCCCCCBr. The second-order valence-corrected chi connectivity index (χ2v) is 18.4. The van der Waals surface area contributed by atoms with Crippen LogP contribution >= 0.6 is 63.7 Å². The molecule has 0 radical (unpaired) electrons. The molecule has 3 aliphatic rings. The van der Waals surface area contributed by atoms with Crippen LogP contribution in [-0.4, -0.2) is 42.4 Å². The lowest BCUT2D eigenvalue weighted by molar-refractivity contribution is 0.0941. The first-order valence-electron chi connectivity index (χ1n) is 11.3. The number of hydrogen-bond donors (Lipinski definition) is 0. The molecule has 0 bridgehead atoms. The summed E-state index contributed by atoms with van der Waals surface area (Å²) in [6, 6.07) is 0. The molecule has 3 nitrogen and oxygen atoms in total. The van der Waals surface area contributed by atoms with E-state index in [9.17, 15) is 13.0 Å². The van der Waals surface area contributed by atoms with Crippen LogP contribution in [0.5, 0.6) is 0 Å². The van der Waals surface area contributed by atoms with Gasteiger partial charge in [0.25, 0.3) is 0 Å². The van der Waals surface area contributed by atoms with Gasteiger partial charge in [0.2, 0.25) is 0 Å². The predicted molar refractivity (Wildman–Crippen MR) is 142 cm³/mol. The average Bonchev–Trinajstić information content (AvgIpc) is 3.23. The lowest BCUT2D eigenvalue weighted by atomic mass is 9.64. The van der Waals surface area contributed by atoms with Crippen LogP contribution in [0.3, 0.4) is 0 Å². The lowest BCUT2D eigenvalue weighted by Crippen LogP contribution is -2.37. The Morgan fingerprint density at radius 1 is 0.833 bits per heavy atom. The monoisotopic (exact) mass is 714 g/mol. The molecule has 7 atom stereocenters. The van der Waals surface area contributed by atoms with Gasteiger partial charge < -0.3 is 4.55 Å². The molecule has 0 aromatic heterocycles. The third kappa shape index (κ3) is 5.22. The molecule has 30 heavy (non-hydrogen) atoms. The van der Waals surface area contributed by atoms with Gasteiger partial charge in [0, 0.05) is 23.0 Å². The molecular weight excluding hydrogens is 684 g/mol. The highest BCUT2D eigenvalue weighted by molar-refractivity contribution is 9.11. The van der Waals surface area contributed by atoms with Crippen LogP contribution in [0.15, 0.2) is 0 Å². The van der Waals surface area contributed by atoms with E-state index in [-0.39, 0.29) is 26.7 Å². The molecule has 0 amide bonds. The van der Waals surface area contributed by atoms with Crippen LogP contribution in [0.25, 0.3) is 0 Å². The van der Waals surface area contributed by atoms with Crippen molar-refractivity contribution in [1.82, 2.24) is 0 Å². The number of rotatable bonds is 12.